The van der Waals surface area contributed by atoms with Gasteiger partial charge >= 0.3 is 0 Å². The van der Waals surface area contributed by atoms with Gasteiger partial charge in [-0.3, -0.25) is 4.79 Å². The van der Waals surface area contributed by atoms with E-state index in [0.717, 1.165) is 31.2 Å². The lowest BCUT2D eigenvalue weighted by atomic mass is 9.85. The van der Waals surface area contributed by atoms with Crippen LogP contribution in [0.15, 0.2) is 18.3 Å². The van der Waals surface area contributed by atoms with E-state index in [1.54, 1.807) is 12.3 Å². The number of carbonyl (C=O) groups is 1. The molecule has 0 bridgehead atoms. The molecule has 0 radical (unpaired) electrons. The number of carbonyl (C=O) groups excluding carboxylic acids is 1. The topological polar surface area (TPSA) is 68.0 Å². The molecule has 1 aliphatic rings. The fourth-order valence-corrected chi connectivity index (χ4v) is 2.64. The number of hydrogen-bond donors (Lipinski definition) is 2. The molecule has 96 valence electrons. The first kappa shape index (κ1) is 13.0. The third kappa shape index (κ3) is 2.36. The molecule has 0 unspecified atom stereocenters. The summed E-state index contributed by atoms with van der Waals surface area (Å²) in [6.07, 6.45) is 5.18. The van der Waals surface area contributed by atoms with Gasteiger partial charge in [0.1, 0.15) is 5.82 Å². The number of amides is 1. The van der Waals surface area contributed by atoms with Gasteiger partial charge in [0.25, 0.3) is 0 Å². The van der Waals surface area contributed by atoms with E-state index < -0.39 is 5.41 Å². The Morgan fingerprint density at radius 2 is 2.11 bits per heavy atom. The van der Waals surface area contributed by atoms with Crippen molar-refractivity contribution in [2.24, 2.45) is 11.1 Å². The van der Waals surface area contributed by atoms with E-state index in [0.29, 0.717) is 10.8 Å². The van der Waals surface area contributed by atoms with Gasteiger partial charge in [-0.05, 0) is 31.4 Å². The zero-order valence-electron chi connectivity index (χ0n) is 10.4. The van der Waals surface area contributed by atoms with Crippen molar-refractivity contribution in [1.82, 2.24) is 4.98 Å². The van der Waals surface area contributed by atoms with Gasteiger partial charge in [0.05, 0.1) is 10.4 Å². The zero-order valence-corrected chi connectivity index (χ0v) is 11.2. The molecular weight excluding hydrogens is 246 g/mol. The smallest absolute Gasteiger partial charge is 0.238 e. The number of thiocarbonyl (C=S) groups is 1. The first-order valence-electron chi connectivity index (χ1n) is 6.09. The summed E-state index contributed by atoms with van der Waals surface area (Å²) in [6.45, 7) is 1.95. The molecule has 1 aliphatic carbocycles. The first-order valence-corrected chi connectivity index (χ1v) is 6.49. The number of hydrogen-bond acceptors (Lipinski definition) is 3. The van der Waals surface area contributed by atoms with Crippen LogP contribution in [0.2, 0.25) is 0 Å². The van der Waals surface area contributed by atoms with E-state index in [4.69, 9.17) is 18.0 Å². The first-order chi connectivity index (χ1) is 8.54. The highest BCUT2D eigenvalue weighted by Crippen LogP contribution is 2.39. The minimum absolute atomic E-state index is 0.121. The summed E-state index contributed by atoms with van der Waals surface area (Å²) in [5.74, 6) is 0.428. The molecule has 1 heterocycles. The van der Waals surface area contributed by atoms with E-state index in [-0.39, 0.29) is 5.91 Å². The second-order valence-corrected chi connectivity index (χ2v) is 5.27. The van der Waals surface area contributed by atoms with Gasteiger partial charge in [-0.25, -0.2) is 4.98 Å². The molecule has 1 aromatic rings. The Balaban J connectivity index is 2.15. The van der Waals surface area contributed by atoms with Gasteiger partial charge in [0.15, 0.2) is 0 Å². The van der Waals surface area contributed by atoms with Gasteiger partial charge in [0.2, 0.25) is 5.91 Å². The van der Waals surface area contributed by atoms with Gasteiger partial charge < -0.3 is 11.1 Å². The maximum atomic E-state index is 12.3. The molecule has 3 N–H and O–H groups in total. The maximum absolute atomic E-state index is 12.3. The summed E-state index contributed by atoms with van der Waals surface area (Å²) < 4.78 is 0. The fraction of sp³-hybridized carbons (Fsp3) is 0.462. The second-order valence-electron chi connectivity index (χ2n) is 4.83. The highest BCUT2D eigenvalue weighted by molar-refractivity contribution is 7.80. The molecule has 1 aromatic heterocycles. The fourth-order valence-electron chi connectivity index (χ4n) is 2.34. The molecule has 1 saturated carbocycles. The Morgan fingerprint density at radius 3 is 2.61 bits per heavy atom. The number of anilines is 1. The number of nitrogens with zero attached hydrogens (tertiary/aromatic N) is 1. The van der Waals surface area contributed by atoms with Crippen molar-refractivity contribution in [3.8, 4) is 0 Å². The van der Waals surface area contributed by atoms with E-state index in [1.165, 1.54) is 0 Å². The molecule has 18 heavy (non-hydrogen) atoms. The quantitative estimate of drug-likeness (QED) is 0.820. The molecule has 0 spiro atoms. The van der Waals surface area contributed by atoms with Crippen molar-refractivity contribution >= 4 is 28.9 Å². The van der Waals surface area contributed by atoms with Crippen molar-refractivity contribution in [3.05, 3.63) is 23.9 Å². The summed E-state index contributed by atoms with van der Waals surface area (Å²) >= 11 is 5.08. The maximum Gasteiger partial charge on any atom is 0.238 e. The summed E-state index contributed by atoms with van der Waals surface area (Å²) in [6, 6.07) is 3.69. The zero-order chi connectivity index (χ0) is 13.2. The van der Waals surface area contributed by atoms with Gasteiger partial charge in [-0.2, -0.15) is 0 Å². The standard InChI is InChI=1S/C13H17N3OS/c1-9-4-5-10(15-8-9)16-12(17)13(11(14)18)6-2-3-7-13/h4-5,8H,2-3,6-7H2,1H3,(H2,14,18)(H,15,16,17). The van der Waals surface area contributed by atoms with Crippen molar-refractivity contribution < 1.29 is 4.79 Å². The molecular formula is C13H17N3OS. The van der Waals surface area contributed by atoms with Crippen LogP contribution >= 0.6 is 12.2 Å². The molecule has 0 atom stereocenters. The van der Waals surface area contributed by atoms with E-state index in [9.17, 15) is 4.79 Å². The Labute approximate surface area is 112 Å². The molecule has 5 heteroatoms. The lowest BCUT2D eigenvalue weighted by Gasteiger charge is -2.25. The number of aromatic nitrogens is 1. The minimum atomic E-state index is -0.679. The largest absolute Gasteiger partial charge is 0.392 e. The Morgan fingerprint density at radius 1 is 1.44 bits per heavy atom. The van der Waals surface area contributed by atoms with Crippen LogP contribution in [0.1, 0.15) is 31.2 Å². The average Bonchev–Trinajstić information content (AvgIpc) is 2.82. The van der Waals surface area contributed by atoms with Crippen LogP contribution in [0.25, 0.3) is 0 Å². The monoisotopic (exact) mass is 263 g/mol. The Hall–Kier alpha value is -1.49. The molecule has 2 rings (SSSR count). The summed E-state index contributed by atoms with van der Waals surface area (Å²) in [5.41, 5.74) is 6.14. The summed E-state index contributed by atoms with van der Waals surface area (Å²) in [4.78, 5) is 16.8. The van der Waals surface area contributed by atoms with Crippen LogP contribution in [0.5, 0.6) is 0 Å². The minimum Gasteiger partial charge on any atom is -0.392 e. The van der Waals surface area contributed by atoms with Gasteiger partial charge in [-0.1, -0.05) is 31.1 Å². The number of nitrogens with one attached hydrogen (secondary N) is 1. The van der Waals surface area contributed by atoms with Crippen LogP contribution in [-0.4, -0.2) is 15.9 Å². The molecule has 0 aliphatic heterocycles. The summed E-state index contributed by atoms with van der Waals surface area (Å²) in [5, 5.41) is 2.82. The van der Waals surface area contributed by atoms with Crippen LogP contribution in [0.3, 0.4) is 0 Å². The molecule has 1 fully saturated rings. The predicted octanol–water partition coefficient (Wildman–Crippen LogP) is 2.18. The Kier molecular flexibility index (Phi) is 3.61. The summed E-state index contributed by atoms with van der Waals surface area (Å²) in [7, 11) is 0. The van der Waals surface area contributed by atoms with E-state index in [1.807, 2.05) is 13.0 Å². The number of nitrogens with two attached hydrogens (primary N) is 1. The van der Waals surface area contributed by atoms with Gasteiger partial charge in [0, 0.05) is 6.20 Å². The Bertz CT molecular complexity index is 464. The van der Waals surface area contributed by atoms with Crippen molar-refractivity contribution in [3.63, 3.8) is 0 Å². The number of pyridine rings is 1. The molecule has 1 amide bonds. The third-order valence-corrected chi connectivity index (χ3v) is 3.91. The van der Waals surface area contributed by atoms with Crippen LogP contribution in [0.4, 0.5) is 5.82 Å². The average molecular weight is 263 g/mol. The van der Waals surface area contributed by atoms with E-state index in [2.05, 4.69) is 10.3 Å². The lowest BCUT2D eigenvalue weighted by Crippen LogP contribution is -2.44. The number of aryl methyl sites for hydroxylation is 1. The SMILES string of the molecule is Cc1ccc(NC(=O)C2(C(N)=S)CCCC2)nc1. The highest BCUT2D eigenvalue weighted by Gasteiger charge is 2.44. The van der Waals surface area contributed by atoms with Crippen molar-refractivity contribution in [1.29, 1.82) is 0 Å². The number of rotatable bonds is 3. The predicted molar refractivity (Wildman–Crippen MR) is 75.3 cm³/mol. The van der Waals surface area contributed by atoms with Crippen molar-refractivity contribution in [2.45, 2.75) is 32.6 Å². The van der Waals surface area contributed by atoms with Crippen molar-refractivity contribution in [2.75, 3.05) is 5.32 Å². The second kappa shape index (κ2) is 5.02. The highest BCUT2D eigenvalue weighted by atomic mass is 32.1. The molecule has 0 aromatic carbocycles. The molecule has 4 nitrogen and oxygen atoms in total. The van der Waals surface area contributed by atoms with Crippen LogP contribution in [-0.2, 0) is 4.79 Å². The normalized spacial score (nSPS) is 17.4. The molecule has 0 saturated heterocycles. The van der Waals surface area contributed by atoms with E-state index >= 15 is 0 Å². The van der Waals surface area contributed by atoms with Gasteiger partial charge in [-0.15, -0.1) is 0 Å². The van der Waals surface area contributed by atoms with Crippen LogP contribution < -0.4 is 11.1 Å². The third-order valence-electron chi connectivity index (χ3n) is 3.52. The van der Waals surface area contributed by atoms with Crippen LogP contribution in [0, 0.1) is 12.3 Å². The lowest BCUT2D eigenvalue weighted by molar-refractivity contribution is -0.122.